The van der Waals surface area contributed by atoms with Crippen LogP contribution in [0.4, 0.5) is 11.8 Å². The number of amides is 1. The minimum Gasteiger partial charge on any atom is -0.369 e. The molecule has 0 atom stereocenters. The number of nitrogens with two attached hydrogens (primary N) is 1. The molecule has 0 unspecified atom stereocenters. The first-order valence-electron chi connectivity index (χ1n) is 3.22. The Kier molecular flexibility index (Phi) is 2.09. The Morgan fingerprint density at radius 2 is 2.42 bits per heavy atom. The molecule has 6 heteroatoms. The van der Waals surface area contributed by atoms with Crippen molar-refractivity contribution in [3.05, 3.63) is 16.4 Å². The average molecular weight is 168 g/mol. The van der Waals surface area contributed by atoms with Gasteiger partial charge in [0.05, 0.1) is 0 Å². The molecule has 0 fully saturated rings. The summed E-state index contributed by atoms with van der Waals surface area (Å²) in [7, 11) is 0. The van der Waals surface area contributed by atoms with Crippen LogP contribution in [0.25, 0.3) is 0 Å². The van der Waals surface area contributed by atoms with Crippen LogP contribution in [-0.4, -0.2) is 15.9 Å². The first-order valence-corrected chi connectivity index (χ1v) is 3.22. The fourth-order valence-electron chi connectivity index (χ4n) is 0.721. The SMILES string of the molecule is CC(=O)Nc1cc(=O)[nH]c(N)n1. The van der Waals surface area contributed by atoms with Crippen molar-refractivity contribution in [2.75, 3.05) is 11.1 Å². The zero-order valence-corrected chi connectivity index (χ0v) is 6.42. The number of aromatic nitrogens is 2. The molecule has 0 aliphatic carbocycles. The number of H-pyrrole nitrogens is 1. The zero-order chi connectivity index (χ0) is 9.14. The Hall–Kier alpha value is -1.85. The molecule has 1 aromatic heterocycles. The van der Waals surface area contributed by atoms with Gasteiger partial charge in [0.1, 0.15) is 5.82 Å². The molecule has 1 amide bonds. The van der Waals surface area contributed by atoms with Gasteiger partial charge in [-0.3, -0.25) is 14.6 Å². The molecule has 12 heavy (non-hydrogen) atoms. The van der Waals surface area contributed by atoms with Gasteiger partial charge in [-0.15, -0.1) is 0 Å². The van der Waals surface area contributed by atoms with Crippen LogP contribution in [0.1, 0.15) is 6.92 Å². The lowest BCUT2D eigenvalue weighted by Gasteiger charge is -1.99. The summed E-state index contributed by atoms with van der Waals surface area (Å²) in [6.45, 7) is 1.32. The fraction of sp³-hybridized carbons (Fsp3) is 0.167. The van der Waals surface area contributed by atoms with Crippen molar-refractivity contribution in [3.8, 4) is 0 Å². The molecule has 4 N–H and O–H groups in total. The van der Waals surface area contributed by atoms with Crippen LogP contribution in [0.5, 0.6) is 0 Å². The van der Waals surface area contributed by atoms with E-state index in [1.807, 2.05) is 0 Å². The number of hydrogen-bond acceptors (Lipinski definition) is 4. The van der Waals surface area contributed by atoms with E-state index in [1.54, 1.807) is 0 Å². The van der Waals surface area contributed by atoms with E-state index < -0.39 is 5.56 Å². The van der Waals surface area contributed by atoms with E-state index in [-0.39, 0.29) is 17.7 Å². The second kappa shape index (κ2) is 3.04. The molecule has 64 valence electrons. The van der Waals surface area contributed by atoms with E-state index >= 15 is 0 Å². The van der Waals surface area contributed by atoms with Crippen molar-refractivity contribution in [2.45, 2.75) is 6.92 Å². The maximum absolute atomic E-state index is 10.8. The van der Waals surface area contributed by atoms with Gasteiger partial charge in [-0.05, 0) is 0 Å². The Morgan fingerprint density at radius 1 is 1.75 bits per heavy atom. The van der Waals surface area contributed by atoms with Crippen LogP contribution in [-0.2, 0) is 4.79 Å². The number of nitrogens with zero attached hydrogens (tertiary/aromatic N) is 1. The quantitative estimate of drug-likeness (QED) is 0.516. The van der Waals surface area contributed by atoms with Gasteiger partial charge in [0, 0.05) is 13.0 Å². The summed E-state index contributed by atoms with van der Waals surface area (Å²) in [6.07, 6.45) is 0. The number of carbonyl (C=O) groups is 1. The molecule has 0 radical (unpaired) electrons. The van der Waals surface area contributed by atoms with Crippen LogP contribution in [0, 0.1) is 0 Å². The Balaban J connectivity index is 3.01. The molecule has 6 nitrogen and oxygen atoms in total. The lowest BCUT2D eigenvalue weighted by Crippen LogP contribution is -2.15. The molecule has 0 aromatic carbocycles. The summed E-state index contributed by atoms with van der Waals surface area (Å²) in [5.41, 5.74) is 4.82. The van der Waals surface area contributed by atoms with Crippen LogP contribution in [0.2, 0.25) is 0 Å². The van der Waals surface area contributed by atoms with E-state index in [1.165, 1.54) is 6.92 Å². The number of hydrogen-bond donors (Lipinski definition) is 3. The predicted molar refractivity (Wildman–Crippen MR) is 43.6 cm³/mol. The average Bonchev–Trinajstić information content (AvgIpc) is 1.81. The largest absolute Gasteiger partial charge is 0.369 e. The second-order valence-corrected chi connectivity index (χ2v) is 2.20. The van der Waals surface area contributed by atoms with E-state index in [9.17, 15) is 9.59 Å². The zero-order valence-electron chi connectivity index (χ0n) is 6.42. The van der Waals surface area contributed by atoms with Gasteiger partial charge in [-0.1, -0.05) is 0 Å². The highest BCUT2D eigenvalue weighted by Gasteiger charge is 1.98. The highest BCUT2D eigenvalue weighted by molar-refractivity contribution is 5.87. The van der Waals surface area contributed by atoms with Crippen LogP contribution >= 0.6 is 0 Å². The molecular weight excluding hydrogens is 160 g/mol. The summed E-state index contributed by atoms with van der Waals surface area (Å²) >= 11 is 0. The summed E-state index contributed by atoms with van der Waals surface area (Å²) in [4.78, 5) is 27.2. The number of nitrogens with one attached hydrogen (secondary N) is 2. The van der Waals surface area contributed by atoms with Crippen molar-refractivity contribution in [3.63, 3.8) is 0 Å². The third-order valence-corrected chi connectivity index (χ3v) is 1.06. The highest BCUT2D eigenvalue weighted by Crippen LogP contribution is 1.98. The van der Waals surface area contributed by atoms with E-state index in [0.717, 1.165) is 6.07 Å². The lowest BCUT2D eigenvalue weighted by molar-refractivity contribution is -0.114. The maximum atomic E-state index is 10.8. The first kappa shape index (κ1) is 8.25. The molecule has 0 aliphatic rings. The fourth-order valence-corrected chi connectivity index (χ4v) is 0.721. The first-order chi connectivity index (χ1) is 5.58. The second-order valence-electron chi connectivity index (χ2n) is 2.20. The highest BCUT2D eigenvalue weighted by atomic mass is 16.1. The molecule has 1 heterocycles. The van der Waals surface area contributed by atoms with Gasteiger partial charge in [-0.2, -0.15) is 4.98 Å². The lowest BCUT2D eigenvalue weighted by atomic mass is 10.5. The Labute approximate surface area is 67.8 Å². The van der Waals surface area contributed by atoms with E-state index in [2.05, 4.69) is 15.3 Å². The van der Waals surface area contributed by atoms with E-state index in [0.29, 0.717) is 0 Å². The van der Waals surface area contributed by atoms with Crippen molar-refractivity contribution in [2.24, 2.45) is 0 Å². The van der Waals surface area contributed by atoms with Gasteiger partial charge in [-0.25, -0.2) is 0 Å². The third kappa shape index (κ3) is 2.08. The standard InChI is InChI=1S/C6H8N4O2/c1-3(11)8-4-2-5(12)10-6(7)9-4/h2H,1H3,(H4,7,8,9,10,11,12). The van der Waals surface area contributed by atoms with Gasteiger partial charge >= 0.3 is 0 Å². The molecule has 0 aliphatic heterocycles. The maximum Gasteiger partial charge on any atom is 0.254 e. The van der Waals surface area contributed by atoms with Crippen molar-refractivity contribution < 1.29 is 4.79 Å². The summed E-state index contributed by atoms with van der Waals surface area (Å²) in [6, 6.07) is 1.15. The molecule has 0 saturated carbocycles. The van der Waals surface area contributed by atoms with Crippen molar-refractivity contribution in [1.82, 2.24) is 9.97 Å². The molecule has 1 aromatic rings. The Bertz CT molecular complexity index is 357. The molecule has 0 saturated heterocycles. The summed E-state index contributed by atoms with van der Waals surface area (Å²) < 4.78 is 0. The van der Waals surface area contributed by atoms with Crippen LogP contribution < -0.4 is 16.6 Å². The topological polar surface area (TPSA) is 101 Å². The van der Waals surface area contributed by atoms with Gasteiger partial charge in [0.2, 0.25) is 11.9 Å². The molecule has 0 spiro atoms. The number of rotatable bonds is 1. The molecule has 0 bridgehead atoms. The minimum atomic E-state index is -0.397. The van der Waals surface area contributed by atoms with Gasteiger partial charge in [0.25, 0.3) is 5.56 Å². The van der Waals surface area contributed by atoms with Crippen molar-refractivity contribution >= 4 is 17.7 Å². The normalized spacial score (nSPS) is 9.42. The monoisotopic (exact) mass is 168 g/mol. The number of aromatic amines is 1. The van der Waals surface area contributed by atoms with Crippen LogP contribution in [0.3, 0.4) is 0 Å². The van der Waals surface area contributed by atoms with Gasteiger partial charge in [0.15, 0.2) is 0 Å². The predicted octanol–water partition coefficient (Wildman–Crippen LogP) is -0.690. The van der Waals surface area contributed by atoms with E-state index in [4.69, 9.17) is 5.73 Å². The number of carbonyl (C=O) groups excluding carboxylic acids is 1. The smallest absolute Gasteiger partial charge is 0.254 e. The Morgan fingerprint density at radius 3 is 2.92 bits per heavy atom. The van der Waals surface area contributed by atoms with Crippen LogP contribution in [0.15, 0.2) is 10.9 Å². The number of nitrogen functional groups attached to an aromatic ring is 1. The minimum absolute atomic E-state index is 0.0220. The summed E-state index contributed by atoms with van der Waals surface area (Å²) in [5, 5.41) is 2.34. The number of anilines is 2. The van der Waals surface area contributed by atoms with Gasteiger partial charge < -0.3 is 11.1 Å². The third-order valence-electron chi connectivity index (χ3n) is 1.06. The molecule has 1 rings (SSSR count). The summed E-state index contributed by atoms with van der Waals surface area (Å²) in [5.74, 6) is -0.164. The molecular formula is C6H8N4O2. The van der Waals surface area contributed by atoms with Crippen molar-refractivity contribution in [1.29, 1.82) is 0 Å².